The SMILES string of the molecule is CC1=CN2C(=N)/C(=C/c3cc(C)n(-c4ccccc4)c3C)C(=O)N=C2S1. The number of fused-ring (bicyclic) bond motifs is 1. The van der Waals surface area contributed by atoms with Crippen LogP contribution in [0.1, 0.15) is 23.9 Å². The van der Waals surface area contributed by atoms with Gasteiger partial charge in [-0.05, 0) is 50.6 Å². The number of para-hydroxylation sites is 1. The summed E-state index contributed by atoms with van der Waals surface area (Å²) in [4.78, 5) is 19.3. The molecule has 6 heteroatoms. The fraction of sp³-hybridized carbons (Fsp3) is 0.150. The number of carbonyl (C=O) groups excluding carboxylic acids is 1. The van der Waals surface area contributed by atoms with Gasteiger partial charge in [0.05, 0.1) is 5.57 Å². The number of allylic oxidation sites excluding steroid dienone is 1. The van der Waals surface area contributed by atoms with E-state index in [-0.39, 0.29) is 11.7 Å². The van der Waals surface area contributed by atoms with Crippen molar-refractivity contribution in [3.8, 4) is 5.69 Å². The van der Waals surface area contributed by atoms with E-state index in [4.69, 9.17) is 5.41 Å². The number of rotatable bonds is 2. The first kappa shape index (κ1) is 16.6. The van der Waals surface area contributed by atoms with Gasteiger partial charge in [-0.1, -0.05) is 30.0 Å². The van der Waals surface area contributed by atoms with E-state index in [1.165, 1.54) is 11.8 Å². The summed E-state index contributed by atoms with van der Waals surface area (Å²) in [5.41, 5.74) is 4.41. The fourth-order valence-electron chi connectivity index (χ4n) is 3.27. The highest BCUT2D eigenvalue weighted by Gasteiger charge is 2.33. The van der Waals surface area contributed by atoms with Gasteiger partial charge in [0.2, 0.25) is 0 Å². The molecule has 1 aromatic carbocycles. The van der Waals surface area contributed by atoms with E-state index in [9.17, 15) is 4.79 Å². The Kier molecular flexibility index (Phi) is 3.92. The molecule has 0 radical (unpaired) electrons. The van der Waals surface area contributed by atoms with Crippen molar-refractivity contribution in [2.45, 2.75) is 20.8 Å². The van der Waals surface area contributed by atoms with E-state index < -0.39 is 0 Å². The Morgan fingerprint density at radius 3 is 2.62 bits per heavy atom. The molecule has 0 bridgehead atoms. The number of thioether (sulfide) groups is 1. The molecule has 0 aliphatic carbocycles. The van der Waals surface area contributed by atoms with E-state index in [0.29, 0.717) is 10.7 Å². The Hall–Kier alpha value is -2.86. The second kappa shape index (κ2) is 6.14. The first-order valence-electron chi connectivity index (χ1n) is 8.29. The average molecular weight is 362 g/mol. The number of nitrogens with zero attached hydrogens (tertiary/aromatic N) is 3. The molecule has 1 amide bonds. The van der Waals surface area contributed by atoms with Gasteiger partial charge >= 0.3 is 0 Å². The highest BCUT2D eigenvalue weighted by molar-refractivity contribution is 8.17. The quantitative estimate of drug-likeness (QED) is 0.812. The highest BCUT2D eigenvalue weighted by Crippen LogP contribution is 2.33. The lowest BCUT2D eigenvalue weighted by Crippen LogP contribution is -2.35. The number of aryl methyl sites for hydroxylation is 1. The maximum atomic E-state index is 12.5. The van der Waals surface area contributed by atoms with Gasteiger partial charge in [0.25, 0.3) is 5.91 Å². The number of amidine groups is 2. The molecule has 4 rings (SSSR count). The molecule has 2 aliphatic heterocycles. The molecule has 0 atom stereocenters. The van der Waals surface area contributed by atoms with Gasteiger partial charge in [-0.3, -0.25) is 15.1 Å². The van der Waals surface area contributed by atoms with Crippen LogP contribution >= 0.6 is 11.8 Å². The average Bonchev–Trinajstić information content (AvgIpc) is 3.11. The first-order chi connectivity index (χ1) is 12.5. The molecule has 3 heterocycles. The van der Waals surface area contributed by atoms with Crippen LogP contribution in [0, 0.1) is 19.3 Å². The van der Waals surface area contributed by atoms with Gasteiger partial charge in [0, 0.05) is 28.2 Å². The molecule has 1 aromatic heterocycles. The van der Waals surface area contributed by atoms with E-state index in [0.717, 1.165) is 27.5 Å². The van der Waals surface area contributed by atoms with Crippen molar-refractivity contribution >= 4 is 34.7 Å². The van der Waals surface area contributed by atoms with Crippen molar-refractivity contribution in [1.82, 2.24) is 9.47 Å². The largest absolute Gasteiger partial charge is 0.318 e. The molecule has 2 aliphatic rings. The normalized spacial score (nSPS) is 18.3. The summed E-state index contributed by atoms with van der Waals surface area (Å²) in [6.45, 7) is 6.00. The molecule has 0 saturated carbocycles. The van der Waals surface area contributed by atoms with Gasteiger partial charge in [-0.15, -0.1) is 0 Å². The molecule has 0 spiro atoms. The summed E-state index contributed by atoms with van der Waals surface area (Å²) >= 11 is 1.42. The Morgan fingerprint density at radius 1 is 1.15 bits per heavy atom. The first-order valence-corrected chi connectivity index (χ1v) is 9.11. The third-order valence-corrected chi connectivity index (χ3v) is 5.38. The second-order valence-electron chi connectivity index (χ2n) is 6.32. The number of hydrogen-bond donors (Lipinski definition) is 1. The predicted octanol–water partition coefficient (Wildman–Crippen LogP) is 4.26. The summed E-state index contributed by atoms with van der Waals surface area (Å²) in [6, 6.07) is 12.1. The molecular formula is C20H18N4OS. The molecule has 0 unspecified atom stereocenters. The summed E-state index contributed by atoms with van der Waals surface area (Å²) in [5, 5.41) is 8.99. The minimum Gasteiger partial charge on any atom is -0.318 e. The smallest absolute Gasteiger partial charge is 0.283 e. The second-order valence-corrected chi connectivity index (χ2v) is 7.53. The van der Waals surface area contributed by atoms with Gasteiger partial charge in [-0.25, -0.2) is 0 Å². The Bertz CT molecular complexity index is 1030. The maximum absolute atomic E-state index is 12.5. The van der Waals surface area contributed by atoms with Crippen molar-refractivity contribution in [1.29, 1.82) is 5.41 Å². The van der Waals surface area contributed by atoms with Crippen LogP contribution < -0.4 is 0 Å². The van der Waals surface area contributed by atoms with Gasteiger partial charge in [0.1, 0.15) is 5.84 Å². The third kappa shape index (κ3) is 2.63. The maximum Gasteiger partial charge on any atom is 0.283 e. The minimum atomic E-state index is -0.360. The van der Waals surface area contributed by atoms with Crippen LogP contribution in [-0.2, 0) is 4.79 Å². The third-order valence-electron chi connectivity index (χ3n) is 4.48. The molecule has 5 nitrogen and oxygen atoms in total. The van der Waals surface area contributed by atoms with Crippen molar-refractivity contribution in [3.05, 3.63) is 70.0 Å². The number of aliphatic imine (C=N–C) groups is 1. The number of benzene rings is 1. The molecular weight excluding hydrogens is 344 g/mol. The van der Waals surface area contributed by atoms with E-state index >= 15 is 0 Å². The van der Waals surface area contributed by atoms with Crippen LogP contribution in [0.2, 0.25) is 0 Å². The standard InChI is InChI=1S/C20H18N4OS/c1-12-9-15(14(3)24(12)16-7-5-4-6-8-16)10-17-18(21)23-11-13(2)26-20(23)22-19(17)25/h4-11,21H,1-3H3/b17-10-,21-18?. The van der Waals surface area contributed by atoms with Gasteiger partial charge in [-0.2, -0.15) is 4.99 Å². The van der Waals surface area contributed by atoms with Gasteiger partial charge in [0.15, 0.2) is 5.17 Å². The topological polar surface area (TPSA) is 61.5 Å². The summed E-state index contributed by atoms with van der Waals surface area (Å²) < 4.78 is 2.15. The highest BCUT2D eigenvalue weighted by atomic mass is 32.2. The number of carbonyl (C=O) groups is 1. The lowest BCUT2D eigenvalue weighted by molar-refractivity contribution is -0.114. The van der Waals surface area contributed by atoms with Crippen LogP contribution in [0.5, 0.6) is 0 Å². The van der Waals surface area contributed by atoms with Crippen LogP contribution in [0.15, 0.2) is 58.1 Å². The summed E-state index contributed by atoms with van der Waals surface area (Å²) in [7, 11) is 0. The van der Waals surface area contributed by atoms with E-state index in [1.807, 2.05) is 51.2 Å². The Morgan fingerprint density at radius 2 is 1.88 bits per heavy atom. The van der Waals surface area contributed by atoms with Crippen LogP contribution in [-0.4, -0.2) is 26.4 Å². The molecule has 130 valence electrons. The Balaban J connectivity index is 1.78. The number of nitrogens with one attached hydrogen (secondary N) is 1. The fourth-order valence-corrected chi connectivity index (χ4v) is 4.08. The van der Waals surface area contributed by atoms with E-state index in [2.05, 4.69) is 21.7 Å². The minimum absolute atomic E-state index is 0.175. The monoisotopic (exact) mass is 362 g/mol. The Labute approximate surface area is 156 Å². The molecule has 26 heavy (non-hydrogen) atoms. The predicted molar refractivity (Wildman–Crippen MR) is 107 cm³/mol. The summed E-state index contributed by atoms with van der Waals surface area (Å²) in [6.07, 6.45) is 3.62. The molecule has 0 saturated heterocycles. The van der Waals surface area contributed by atoms with Crippen molar-refractivity contribution in [2.75, 3.05) is 0 Å². The molecule has 1 N–H and O–H groups in total. The number of hydrogen-bond acceptors (Lipinski definition) is 3. The van der Waals surface area contributed by atoms with Gasteiger partial charge < -0.3 is 4.57 Å². The lowest BCUT2D eigenvalue weighted by atomic mass is 10.1. The van der Waals surface area contributed by atoms with Crippen LogP contribution in [0.4, 0.5) is 0 Å². The molecule has 2 aromatic rings. The summed E-state index contributed by atoms with van der Waals surface area (Å²) in [5.74, 6) is -0.185. The molecule has 0 fully saturated rings. The van der Waals surface area contributed by atoms with Crippen LogP contribution in [0.25, 0.3) is 11.8 Å². The number of aromatic nitrogens is 1. The van der Waals surface area contributed by atoms with E-state index in [1.54, 1.807) is 11.0 Å². The zero-order valence-corrected chi connectivity index (χ0v) is 15.6. The zero-order chi connectivity index (χ0) is 18.4. The van der Waals surface area contributed by atoms with Crippen LogP contribution in [0.3, 0.4) is 0 Å². The number of amides is 1. The van der Waals surface area contributed by atoms with Crippen molar-refractivity contribution < 1.29 is 4.79 Å². The van der Waals surface area contributed by atoms with Crippen molar-refractivity contribution in [2.24, 2.45) is 4.99 Å². The van der Waals surface area contributed by atoms with Crippen molar-refractivity contribution in [3.63, 3.8) is 0 Å². The lowest BCUT2D eigenvalue weighted by Gasteiger charge is -2.22. The zero-order valence-electron chi connectivity index (χ0n) is 14.8.